The lowest BCUT2D eigenvalue weighted by atomic mass is 10.2. The number of hydrogen-bond acceptors (Lipinski definition) is 5. The fourth-order valence-electron chi connectivity index (χ4n) is 1.20. The molecular formula is C10H8N4O4S. The highest BCUT2D eigenvalue weighted by Crippen LogP contribution is 2.22. The third-order valence-electron chi connectivity index (χ3n) is 2.03. The first-order valence-corrected chi connectivity index (χ1v) is 6.73. The van der Waals surface area contributed by atoms with Crippen LogP contribution in [0.4, 0.5) is 5.69 Å². The third-order valence-corrected chi connectivity index (χ3v) is 3.14. The SMILES string of the molecule is CS(=O)(=O)c1ccc(C#CCN=[N+]=[N-])c([N+](=O)[O-])c1. The minimum atomic E-state index is -3.52. The van der Waals surface area contributed by atoms with Crippen LogP contribution in [-0.4, -0.2) is 26.1 Å². The van der Waals surface area contributed by atoms with Gasteiger partial charge in [-0.05, 0) is 17.7 Å². The largest absolute Gasteiger partial charge is 0.286 e. The highest BCUT2D eigenvalue weighted by Gasteiger charge is 2.17. The van der Waals surface area contributed by atoms with Crippen LogP contribution in [0, 0.1) is 22.0 Å². The Morgan fingerprint density at radius 1 is 1.53 bits per heavy atom. The average Bonchev–Trinajstić information content (AvgIpc) is 2.33. The molecule has 98 valence electrons. The molecule has 1 aromatic rings. The summed E-state index contributed by atoms with van der Waals surface area (Å²) in [6.07, 6.45) is 0.957. The predicted octanol–water partition coefficient (Wildman–Crippen LogP) is 1.66. The predicted molar refractivity (Wildman–Crippen MR) is 67.1 cm³/mol. The van der Waals surface area contributed by atoms with E-state index < -0.39 is 20.4 Å². The lowest BCUT2D eigenvalue weighted by Crippen LogP contribution is -2.00. The summed E-state index contributed by atoms with van der Waals surface area (Å²) in [5, 5.41) is 14.0. The van der Waals surface area contributed by atoms with E-state index in [4.69, 9.17) is 5.53 Å². The molecule has 0 saturated heterocycles. The number of nitrogens with zero attached hydrogens (tertiary/aromatic N) is 4. The van der Waals surface area contributed by atoms with Gasteiger partial charge < -0.3 is 0 Å². The van der Waals surface area contributed by atoms with Crippen LogP contribution in [0.5, 0.6) is 0 Å². The lowest BCUT2D eigenvalue weighted by Gasteiger charge is -2.00. The van der Waals surface area contributed by atoms with E-state index in [9.17, 15) is 18.5 Å². The van der Waals surface area contributed by atoms with Crippen molar-refractivity contribution in [2.75, 3.05) is 12.8 Å². The van der Waals surface area contributed by atoms with Crippen molar-refractivity contribution in [1.29, 1.82) is 0 Å². The zero-order valence-electron chi connectivity index (χ0n) is 9.77. The van der Waals surface area contributed by atoms with Gasteiger partial charge in [0.1, 0.15) is 5.56 Å². The third kappa shape index (κ3) is 3.99. The van der Waals surface area contributed by atoms with Gasteiger partial charge in [0, 0.05) is 17.2 Å². The van der Waals surface area contributed by atoms with E-state index in [1.165, 1.54) is 12.1 Å². The van der Waals surface area contributed by atoms with Crippen LogP contribution in [-0.2, 0) is 9.84 Å². The summed E-state index contributed by atoms with van der Waals surface area (Å²) in [6, 6.07) is 3.43. The van der Waals surface area contributed by atoms with E-state index in [2.05, 4.69) is 21.9 Å². The van der Waals surface area contributed by atoms with Crippen LogP contribution in [0.25, 0.3) is 10.4 Å². The molecule has 0 N–H and O–H groups in total. The molecule has 0 bridgehead atoms. The molecule has 1 rings (SSSR count). The minimum Gasteiger partial charge on any atom is -0.258 e. The van der Waals surface area contributed by atoms with Crippen LogP contribution in [0.2, 0.25) is 0 Å². The van der Waals surface area contributed by atoms with Crippen molar-refractivity contribution < 1.29 is 13.3 Å². The van der Waals surface area contributed by atoms with Gasteiger partial charge in [0.25, 0.3) is 5.69 Å². The quantitative estimate of drug-likeness (QED) is 0.208. The molecule has 0 spiro atoms. The maximum absolute atomic E-state index is 11.3. The summed E-state index contributed by atoms with van der Waals surface area (Å²) in [6.45, 7) is -0.124. The number of nitro groups is 1. The molecule has 19 heavy (non-hydrogen) atoms. The Morgan fingerprint density at radius 2 is 2.21 bits per heavy atom. The fraction of sp³-hybridized carbons (Fsp3) is 0.200. The summed E-state index contributed by atoms with van der Waals surface area (Å²) in [5.41, 5.74) is 7.70. The Kier molecular flexibility index (Phi) is 4.47. The second-order valence-corrected chi connectivity index (χ2v) is 5.41. The van der Waals surface area contributed by atoms with Crippen molar-refractivity contribution in [3.8, 4) is 11.8 Å². The Bertz CT molecular complexity index is 724. The van der Waals surface area contributed by atoms with Crippen LogP contribution in [0.3, 0.4) is 0 Å². The van der Waals surface area contributed by atoms with Gasteiger partial charge >= 0.3 is 0 Å². The molecule has 0 aromatic heterocycles. The van der Waals surface area contributed by atoms with Crippen molar-refractivity contribution in [3.63, 3.8) is 0 Å². The fourth-order valence-corrected chi connectivity index (χ4v) is 1.84. The second-order valence-electron chi connectivity index (χ2n) is 3.40. The summed E-state index contributed by atoms with van der Waals surface area (Å²) >= 11 is 0. The van der Waals surface area contributed by atoms with Crippen LogP contribution < -0.4 is 0 Å². The number of rotatable bonds is 3. The normalized spacial score (nSPS) is 9.95. The molecule has 0 aliphatic heterocycles. The first-order chi connectivity index (χ1) is 8.86. The topological polar surface area (TPSA) is 126 Å². The maximum Gasteiger partial charge on any atom is 0.286 e. The molecule has 0 radical (unpaired) electrons. The van der Waals surface area contributed by atoms with Crippen molar-refractivity contribution in [3.05, 3.63) is 44.3 Å². The first-order valence-electron chi connectivity index (χ1n) is 4.84. The molecule has 0 unspecified atom stereocenters. The summed E-state index contributed by atoms with van der Waals surface area (Å²) < 4.78 is 22.6. The Hall–Kier alpha value is -2.56. The van der Waals surface area contributed by atoms with Crippen molar-refractivity contribution in [2.24, 2.45) is 5.11 Å². The molecule has 0 aliphatic rings. The summed E-state index contributed by atoms with van der Waals surface area (Å²) in [5.74, 6) is 4.89. The van der Waals surface area contributed by atoms with Crippen LogP contribution in [0.1, 0.15) is 5.56 Å². The second kappa shape index (κ2) is 5.86. The van der Waals surface area contributed by atoms with Gasteiger partial charge in [-0.25, -0.2) is 8.42 Å². The number of benzene rings is 1. The van der Waals surface area contributed by atoms with E-state index in [0.717, 1.165) is 12.3 Å². The molecule has 9 heteroatoms. The first kappa shape index (κ1) is 14.5. The van der Waals surface area contributed by atoms with E-state index in [-0.39, 0.29) is 17.0 Å². The van der Waals surface area contributed by atoms with Gasteiger partial charge in [0.05, 0.1) is 16.4 Å². The summed E-state index contributed by atoms with van der Waals surface area (Å²) in [4.78, 5) is 12.5. The monoisotopic (exact) mass is 280 g/mol. The molecule has 0 fully saturated rings. The number of azide groups is 1. The van der Waals surface area contributed by atoms with Crippen LogP contribution in [0.15, 0.2) is 28.2 Å². The van der Waals surface area contributed by atoms with Crippen molar-refractivity contribution in [1.82, 2.24) is 0 Å². The Morgan fingerprint density at radius 3 is 2.74 bits per heavy atom. The van der Waals surface area contributed by atoms with Crippen molar-refractivity contribution >= 4 is 15.5 Å². The number of nitro benzene ring substituents is 1. The zero-order chi connectivity index (χ0) is 14.5. The molecule has 1 aromatic carbocycles. The summed E-state index contributed by atoms with van der Waals surface area (Å²) in [7, 11) is -3.52. The zero-order valence-corrected chi connectivity index (χ0v) is 10.6. The van der Waals surface area contributed by atoms with E-state index >= 15 is 0 Å². The molecule has 0 saturated carbocycles. The molecule has 0 aliphatic carbocycles. The molecular weight excluding hydrogens is 272 g/mol. The van der Waals surface area contributed by atoms with Gasteiger partial charge in [0.15, 0.2) is 9.84 Å². The smallest absolute Gasteiger partial charge is 0.258 e. The lowest BCUT2D eigenvalue weighted by molar-refractivity contribution is -0.385. The van der Waals surface area contributed by atoms with E-state index in [1.54, 1.807) is 0 Å². The number of sulfone groups is 1. The standard InChI is InChI=1S/C10H8N4O4S/c1-19(17,18)9-5-4-8(3-2-6-12-13-11)10(7-9)14(15)16/h4-5,7H,6H2,1H3. The van der Waals surface area contributed by atoms with Crippen molar-refractivity contribution in [2.45, 2.75) is 4.90 Å². The Labute approximate surface area is 108 Å². The van der Waals surface area contributed by atoms with Gasteiger partial charge in [0.2, 0.25) is 0 Å². The van der Waals surface area contributed by atoms with Crippen LogP contribution >= 0.6 is 0 Å². The van der Waals surface area contributed by atoms with Gasteiger partial charge in [-0.2, -0.15) is 0 Å². The molecule has 0 atom stereocenters. The van der Waals surface area contributed by atoms with E-state index in [0.29, 0.717) is 0 Å². The van der Waals surface area contributed by atoms with E-state index in [1.807, 2.05) is 0 Å². The minimum absolute atomic E-state index is 0.0607. The van der Waals surface area contributed by atoms with Gasteiger partial charge in [-0.15, -0.1) is 0 Å². The maximum atomic E-state index is 11.3. The van der Waals surface area contributed by atoms with Gasteiger partial charge in [-0.1, -0.05) is 17.0 Å². The molecule has 0 amide bonds. The highest BCUT2D eigenvalue weighted by atomic mass is 32.2. The molecule has 8 nitrogen and oxygen atoms in total. The van der Waals surface area contributed by atoms with Gasteiger partial charge in [-0.3, -0.25) is 10.1 Å². The Balaban J connectivity index is 3.29. The highest BCUT2D eigenvalue weighted by molar-refractivity contribution is 7.90. The number of hydrogen-bond donors (Lipinski definition) is 0. The molecule has 0 heterocycles. The average molecular weight is 280 g/mol.